The summed E-state index contributed by atoms with van der Waals surface area (Å²) in [5.41, 5.74) is 2.35. The lowest BCUT2D eigenvalue weighted by molar-refractivity contribution is 0.122. The minimum atomic E-state index is 0.768. The molecule has 2 aliphatic heterocycles. The van der Waals surface area contributed by atoms with Crippen molar-refractivity contribution in [3.8, 4) is 0 Å². The van der Waals surface area contributed by atoms with Gasteiger partial charge in [-0.05, 0) is 19.9 Å². The lowest BCUT2D eigenvalue weighted by Crippen LogP contribution is -2.46. The molecule has 0 unspecified atom stereocenters. The van der Waals surface area contributed by atoms with Gasteiger partial charge in [0.05, 0.1) is 18.9 Å². The lowest BCUT2D eigenvalue weighted by Gasteiger charge is -2.35. The highest BCUT2D eigenvalue weighted by Gasteiger charge is 2.21. The van der Waals surface area contributed by atoms with Crippen LogP contribution in [0, 0.1) is 13.8 Å². The van der Waals surface area contributed by atoms with Crippen molar-refractivity contribution in [2.45, 2.75) is 20.4 Å². The average Bonchev–Trinajstić information content (AvgIpc) is 2.99. The smallest absolute Gasteiger partial charge is 0.134 e. The number of piperazine rings is 1. The van der Waals surface area contributed by atoms with E-state index in [9.17, 15) is 0 Å². The van der Waals surface area contributed by atoms with Gasteiger partial charge in [-0.25, -0.2) is 9.97 Å². The maximum absolute atomic E-state index is 5.46. The number of hydrogen-bond donors (Lipinski definition) is 0. The molecule has 4 rings (SSSR count). The molecule has 27 heavy (non-hydrogen) atoms. The van der Waals surface area contributed by atoms with Crippen molar-refractivity contribution in [3.63, 3.8) is 0 Å². The van der Waals surface area contributed by atoms with Crippen LogP contribution in [0.3, 0.4) is 0 Å². The Morgan fingerprint density at radius 1 is 0.889 bits per heavy atom. The molecule has 2 aliphatic rings. The third kappa shape index (κ3) is 4.22. The number of nitrogens with zero attached hydrogens (tertiary/aromatic N) is 7. The molecule has 2 saturated heterocycles. The second kappa shape index (κ2) is 7.82. The largest absolute Gasteiger partial charge is 0.378 e. The summed E-state index contributed by atoms with van der Waals surface area (Å²) >= 11 is 0. The third-order valence-corrected chi connectivity index (χ3v) is 5.39. The van der Waals surface area contributed by atoms with Crippen LogP contribution in [0.4, 0.5) is 11.6 Å². The van der Waals surface area contributed by atoms with Crippen molar-refractivity contribution in [1.29, 1.82) is 0 Å². The van der Waals surface area contributed by atoms with E-state index in [4.69, 9.17) is 9.72 Å². The molecule has 0 spiro atoms. The van der Waals surface area contributed by atoms with Gasteiger partial charge in [0.25, 0.3) is 0 Å². The molecule has 4 heterocycles. The molecule has 8 nitrogen and oxygen atoms in total. The van der Waals surface area contributed by atoms with Gasteiger partial charge in [-0.15, -0.1) is 0 Å². The maximum Gasteiger partial charge on any atom is 0.134 e. The summed E-state index contributed by atoms with van der Waals surface area (Å²) in [6, 6.07) is 4.31. The molecule has 0 aliphatic carbocycles. The molecular weight excluding hydrogens is 342 g/mol. The molecular formula is C19H29N7O. The van der Waals surface area contributed by atoms with E-state index in [-0.39, 0.29) is 0 Å². The van der Waals surface area contributed by atoms with Crippen LogP contribution in [0.25, 0.3) is 0 Å². The van der Waals surface area contributed by atoms with Crippen LogP contribution in [0.1, 0.15) is 17.2 Å². The van der Waals surface area contributed by atoms with E-state index in [2.05, 4.69) is 43.8 Å². The second-order valence-corrected chi connectivity index (χ2v) is 7.39. The highest BCUT2D eigenvalue weighted by molar-refractivity contribution is 5.51. The van der Waals surface area contributed by atoms with E-state index < -0.39 is 0 Å². The van der Waals surface area contributed by atoms with Gasteiger partial charge in [0.1, 0.15) is 17.5 Å². The molecule has 2 aromatic heterocycles. The van der Waals surface area contributed by atoms with Crippen LogP contribution in [0.2, 0.25) is 0 Å². The number of aromatic nitrogens is 4. The van der Waals surface area contributed by atoms with Crippen LogP contribution in [0.5, 0.6) is 0 Å². The Bertz CT molecular complexity index is 757. The van der Waals surface area contributed by atoms with Gasteiger partial charge in [-0.3, -0.25) is 9.58 Å². The van der Waals surface area contributed by atoms with Crippen LogP contribution >= 0.6 is 0 Å². The minimum absolute atomic E-state index is 0.768. The van der Waals surface area contributed by atoms with Gasteiger partial charge in [0.15, 0.2) is 0 Å². The zero-order valence-electron chi connectivity index (χ0n) is 16.6. The Balaban J connectivity index is 1.39. The molecule has 2 aromatic rings. The zero-order chi connectivity index (χ0) is 18.8. The fourth-order valence-electron chi connectivity index (χ4n) is 3.73. The molecule has 0 radical (unpaired) electrons. The fraction of sp³-hybridized carbons (Fsp3) is 0.632. The second-order valence-electron chi connectivity index (χ2n) is 7.39. The number of hydrogen-bond acceptors (Lipinski definition) is 7. The van der Waals surface area contributed by atoms with Crippen LogP contribution in [-0.4, -0.2) is 77.1 Å². The van der Waals surface area contributed by atoms with Crippen LogP contribution in [0.15, 0.2) is 12.1 Å². The van der Waals surface area contributed by atoms with Crippen molar-refractivity contribution >= 4 is 11.6 Å². The van der Waals surface area contributed by atoms with Crippen molar-refractivity contribution in [1.82, 2.24) is 24.6 Å². The normalized spacial score (nSPS) is 18.9. The average molecular weight is 371 g/mol. The standard InChI is InChI=1S/C19H29N7O/c1-15-12-17(22-23(15)3)14-24-4-6-25(7-5-24)18-13-19(21-16(2)20-18)26-8-10-27-11-9-26/h12-13H,4-11,14H2,1-3H3. The predicted molar refractivity (Wildman–Crippen MR) is 105 cm³/mol. The summed E-state index contributed by atoms with van der Waals surface area (Å²) in [7, 11) is 2.00. The predicted octanol–water partition coefficient (Wildman–Crippen LogP) is 0.986. The van der Waals surface area contributed by atoms with Crippen molar-refractivity contribution in [2.24, 2.45) is 7.05 Å². The first-order valence-corrected chi connectivity index (χ1v) is 9.74. The highest BCUT2D eigenvalue weighted by atomic mass is 16.5. The van der Waals surface area contributed by atoms with Gasteiger partial charge >= 0.3 is 0 Å². The molecule has 2 fully saturated rings. The van der Waals surface area contributed by atoms with Gasteiger partial charge in [0.2, 0.25) is 0 Å². The molecule has 0 amide bonds. The van der Waals surface area contributed by atoms with Crippen molar-refractivity contribution < 1.29 is 4.74 Å². The quantitative estimate of drug-likeness (QED) is 0.794. The number of anilines is 2. The molecule has 146 valence electrons. The van der Waals surface area contributed by atoms with Crippen LogP contribution < -0.4 is 9.80 Å². The Morgan fingerprint density at radius 3 is 2.11 bits per heavy atom. The van der Waals surface area contributed by atoms with Gasteiger partial charge in [-0.1, -0.05) is 0 Å². The highest BCUT2D eigenvalue weighted by Crippen LogP contribution is 2.21. The Hall–Kier alpha value is -2.19. The first-order chi connectivity index (χ1) is 13.1. The van der Waals surface area contributed by atoms with E-state index in [0.717, 1.165) is 82.2 Å². The maximum atomic E-state index is 5.46. The third-order valence-electron chi connectivity index (χ3n) is 5.39. The fourth-order valence-corrected chi connectivity index (χ4v) is 3.73. The Labute approximate surface area is 160 Å². The number of ether oxygens (including phenoxy) is 1. The summed E-state index contributed by atoms with van der Waals surface area (Å²) in [6.45, 7) is 12.3. The van der Waals surface area contributed by atoms with E-state index in [1.54, 1.807) is 0 Å². The van der Waals surface area contributed by atoms with E-state index in [0.29, 0.717) is 0 Å². The van der Waals surface area contributed by atoms with Crippen molar-refractivity contribution in [2.75, 3.05) is 62.3 Å². The molecule has 8 heteroatoms. The summed E-state index contributed by atoms with van der Waals surface area (Å²) in [4.78, 5) is 16.5. The van der Waals surface area contributed by atoms with Gasteiger partial charge in [0, 0.05) is 64.6 Å². The summed E-state index contributed by atoms with van der Waals surface area (Å²) < 4.78 is 7.41. The molecule has 0 aromatic carbocycles. The summed E-state index contributed by atoms with van der Waals surface area (Å²) in [5, 5.41) is 4.58. The van der Waals surface area contributed by atoms with E-state index in [1.807, 2.05) is 18.7 Å². The monoisotopic (exact) mass is 371 g/mol. The lowest BCUT2D eigenvalue weighted by atomic mass is 10.2. The zero-order valence-corrected chi connectivity index (χ0v) is 16.6. The topological polar surface area (TPSA) is 62.6 Å². The number of aryl methyl sites for hydroxylation is 3. The SMILES string of the molecule is Cc1nc(N2CCOCC2)cc(N2CCN(Cc3cc(C)n(C)n3)CC2)n1. The molecule has 0 bridgehead atoms. The number of morpholine rings is 1. The minimum Gasteiger partial charge on any atom is -0.378 e. The molecule has 0 atom stereocenters. The van der Waals surface area contributed by atoms with E-state index >= 15 is 0 Å². The van der Waals surface area contributed by atoms with E-state index in [1.165, 1.54) is 5.69 Å². The Kier molecular flexibility index (Phi) is 5.27. The molecule has 0 N–H and O–H groups in total. The van der Waals surface area contributed by atoms with Gasteiger partial charge in [-0.2, -0.15) is 5.10 Å². The summed E-state index contributed by atoms with van der Waals surface area (Å²) in [5.74, 6) is 2.89. The first-order valence-electron chi connectivity index (χ1n) is 9.74. The van der Waals surface area contributed by atoms with Gasteiger partial charge < -0.3 is 14.5 Å². The van der Waals surface area contributed by atoms with Crippen molar-refractivity contribution in [3.05, 3.63) is 29.3 Å². The van der Waals surface area contributed by atoms with Crippen LogP contribution in [-0.2, 0) is 18.3 Å². The first kappa shape index (κ1) is 18.2. The number of rotatable bonds is 4. The Morgan fingerprint density at radius 2 is 1.52 bits per heavy atom. The summed E-state index contributed by atoms with van der Waals surface area (Å²) in [6.07, 6.45) is 0. The molecule has 0 saturated carbocycles.